The highest BCUT2D eigenvalue weighted by molar-refractivity contribution is 6.32. The summed E-state index contributed by atoms with van der Waals surface area (Å²) in [5.74, 6) is -0.536. The van der Waals surface area contributed by atoms with Crippen molar-refractivity contribution in [2.24, 2.45) is 0 Å². The highest BCUT2D eigenvalue weighted by Gasteiger charge is 2.12. The van der Waals surface area contributed by atoms with Crippen molar-refractivity contribution in [1.82, 2.24) is 19.6 Å². The largest absolute Gasteiger partial charge is 0.478 e. The topological polar surface area (TPSA) is 89.6 Å². The second-order valence-corrected chi connectivity index (χ2v) is 4.25. The molecule has 0 spiro atoms. The Bertz CT molecular complexity index is 802. The van der Waals surface area contributed by atoms with E-state index in [-0.39, 0.29) is 16.5 Å². The number of hydrogen-bond donors (Lipinski definition) is 1. The summed E-state index contributed by atoms with van der Waals surface area (Å²) >= 11 is 5.99. The zero-order valence-electron chi connectivity index (χ0n) is 9.89. The van der Waals surface area contributed by atoms with Crippen LogP contribution in [0.2, 0.25) is 5.02 Å². The van der Waals surface area contributed by atoms with E-state index in [1.165, 1.54) is 30.7 Å². The molecule has 0 bridgehead atoms. The highest BCUT2D eigenvalue weighted by atomic mass is 35.5. The number of aromatic carboxylic acids is 1. The zero-order chi connectivity index (χ0) is 14.1. The van der Waals surface area contributed by atoms with Crippen molar-refractivity contribution in [3.8, 4) is 11.6 Å². The molecule has 7 nitrogen and oxygen atoms in total. The van der Waals surface area contributed by atoms with Crippen LogP contribution in [0.5, 0.6) is 11.6 Å². The Hall–Kier alpha value is -2.67. The Kier molecular flexibility index (Phi) is 2.96. The Morgan fingerprint density at radius 3 is 3.00 bits per heavy atom. The number of rotatable bonds is 3. The van der Waals surface area contributed by atoms with Crippen molar-refractivity contribution in [2.45, 2.75) is 0 Å². The smallest absolute Gasteiger partial charge is 0.335 e. The molecule has 2 aromatic heterocycles. The molecule has 3 aromatic rings. The molecule has 0 radical (unpaired) electrons. The summed E-state index contributed by atoms with van der Waals surface area (Å²) in [6.45, 7) is 0. The number of carboxylic acid groups (broad SMARTS) is 1. The summed E-state index contributed by atoms with van der Waals surface area (Å²) in [5, 5.41) is 16.7. The summed E-state index contributed by atoms with van der Waals surface area (Å²) < 4.78 is 7.20. The molecule has 1 N–H and O–H groups in total. The van der Waals surface area contributed by atoms with Crippen molar-refractivity contribution < 1.29 is 14.6 Å². The number of halogens is 1. The van der Waals surface area contributed by atoms with Gasteiger partial charge in [-0.3, -0.25) is 4.40 Å². The molecule has 0 aliphatic rings. The van der Waals surface area contributed by atoms with Gasteiger partial charge in [-0.15, -0.1) is 10.2 Å². The number of ether oxygens (including phenoxy) is 1. The summed E-state index contributed by atoms with van der Waals surface area (Å²) in [6, 6.07) is 4.17. The van der Waals surface area contributed by atoms with Crippen molar-refractivity contribution in [3.05, 3.63) is 47.5 Å². The summed E-state index contributed by atoms with van der Waals surface area (Å²) in [4.78, 5) is 14.9. The lowest BCUT2D eigenvalue weighted by molar-refractivity contribution is 0.0697. The van der Waals surface area contributed by atoms with E-state index in [1.807, 2.05) is 0 Å². The van der Waals surface area contributed by atoms with E-state index in [9.17, 15) is 4.79 Å². The first-order chi connectivity index (χ1) is 9.65. The van der Waals surface area contributed by atoms with Gasteiger partial charge >= 0.3 is 5.97 Å². The first-order valence-electron chi connectivity index (χ1n) is 5.50. The van der Waals surface area contributed by atoms with E-state index in [4.69, 9.17) is 21.4 Å². The van der Waals surface area contributed by atoms with E-state index in [0.29, 0.717) is 11.4 Å². The minimum Gasteiger partial charge on any atom is -0.478 e. The highest BCUT2D eigenvalue weighted by Crippen LogP contribution is 2.30. The van der Waals surface area contributed by atoms with Crippen molar-refractivity contribution in [1.29, 1.82) is 0 Å². The molecule has 8 heteroatoms. The fourth-order valence-electron chi connectivity index (χ4n) is 1.63. The van der Waals surface area contributed by atoms with Crippen molar-refractivity contribution >= 4 is 23.2 Å². The van der Waals surface area contributed by atoms with Gasteiger partial charge in [0, 0.05) is 12.4 Å². The molecule has 0 fully saturated rings. The van der Waals surface area contributed by atoms with Crippen LogP contribution >= 0.6 is 11.6 Å². The number of carboxylic acids is 1. The average Bonchev–Trinajstić information content (AvgIpc) is 2.90. The van der Waals surface area contributed by atoms with Crippen LogP contribution in [0.15, 0.2) is 36.9 Å². The lowest BCUT2D eigenvalue weighted by Gasteiger charge is -2.07. The monoisotopic (exact) mass is 290 g/mol. The molecule has 0 amide bonds. The number of fused-ring (bicyclic) bond motifs is 1. The van der Waals surface area contributed by atoms with E-state index in [0.717, 1.165) is 0 Å². The third-order valence-electron chi connectivity index (χ3n) is 2.57. The van der Waals surface area contributed by atoms with Crippen molar-refractivity contribution in [2.75, 3.05) is 0 Å². The molecule has 0 unspecified atom stereocenters. The fourth-order valence-corrected chi connectivity index (χ4v) is 1.85. The van der Waals surface area contributed by atoms with Gasteiger partial charge in [0.05, 0.1) is 10.6 Å². The van der Waals surface area contributed by atoms with Crippen molar-refractivity contribution in [3.63, 3.8) is 0 Å². The van der Waals surface area contributed by atoms with Crippen LogP contribution in [0.25, 0.3) is 5.65 Å². The first-order valence-corrected chi connectivity index (χ1v) is 5.88. The molecule has 0 saturated heterocycles. The minimum atomic E-state index is -1.06. The Balaban J connectivity index is 1.99. The SMILES string of the molecule is O=C(O)c1ccc(Oc2nccn3cnnc23)c(Cl)c1. The second kappa shape index (κ2) is 4.78. The van der Waals surface area contributed by atoms with Crippen LogP contribution in [0, 0.1) is 0 Å². The van der Waals surface area contributed by atoms with E-state index >= 15 is 0 Å². The molecule has 0 saturated carbocycles. The van der Waals surface area contributed by atoms with Crippen LogP contribution in [0.3, 0.4) is 0 Å². The van der Waals surface area contributed by atoms with Gasteiger partial charge in [-0.25, -0.2) is 9.78 Å². The Morgan fingerprint density at radius 1 is 1.40 bits per heavy atom. The lowest BCUT2D eigenvalue weighted by Crippen LogP contribution is -1.97. The molecule has 0 atom stereocenters. The zero-order valence-corrected chi connectivity index (χ0v) is 10.7. The molecule has 20 heavy (non-hydrogen) atoms. The average molecular weight is 291 g/mol. The molecule has 3 rings (SSSR count). The van der Waals surface area contributed by atoms with Gasteiger partial charge in [0.25, 0.3) is 5.88 Å². The predicted octanol–water partition coefficient (Wildman–Crippen LogP) is 2.27. The molecule has 0 aliphatic carbocycles. The van der Waals surface area contributed by atoms with Gasteiger partial charge in [0.15, 0.2) is 0 Å². The molecular formula is C12H7ClN4O3. The third kappa shape index (κ3) is 2.14. The number of aromatic nitrogens is 4. The molecule has 100 valence electrons. The minimum absolute atomic E-state index is 0.0796. The predicted molar refractivity (Wildman–Crippen MR) is 69.3 cm³/mol. The maximum Gasteiger partial charge on any atom is 0.335 e. The third-order valence-corrected chi connectivity index (χ3v) is 2.86. The van der Waals surface area contributed by atoms with Gasteiger partial charge in [-0.05, 0) is 18.2 Å². The molecule has 0 aliphatic heterocycles. The summed E-state index contributed by atoms with van der Waals surface area (Å²) in [6.07, 6.45) is 4.72. The normalized spacial score (nSPS) is 10.7. The van der Waals surface area contributed by atoms with Gasteiger partial charge in [0.2, 0.25) is 5.65 Å². The number of hydrogen-bond acceptors (Lipinski definition) is 5. The Labute approximate surface area is 117 Å². The van der Waals surface area contributed by atoms with Crippen LogP contribution in [0.1, 0.15) is 10.4 Å². The van der Waals surface area contributed by atoms with Gasteiger partial charge in [0.1, 0.15) is 12.1 Å². The number of carbonyl (C=O) groups is 1. The quantitative estimate of drug-likeness (QED) is 0.796. The number of benzene rings is 1. The lowest BCUT2D eigenvalue weighted by atomic mass is 10.2. The fraction of sp³-hybridized carbons (Fsp3) is 0. The van der Waals surface area contributed by atoms with Crippen LogP contribution in [0.4, 0.5) is 0 Å². The number of nitrogens with zero attached hydrogens (tertiary/aromatic N) is 4. The van der Waals surface area contributed by atoms with E-state index in [1.54, 1.807) is 10.6 Å². The standard InChI is InChI=1S/C12H7ClN4O3/c13-8-5-7(12(18)19)1-2-9(8)20-11-10-16-15-6-17(10)4-3-14-11/h1-6H,(H,18,19). The van der Waals surface area contributed by atoms with Crippen LogP contribution in [-0.4, -0.2) is 30.7 Å². The summed E-state index contributed by atoms with van der Waals surface area (Å²) in [7, 11) is 0. The van der Waals surface area contributed by atoms with Crippen LogP contribution < -0.4 is 4.74 Å². The molecule has 2 heterocycles. The maximum absolute atomic E-state index is 10.8. The maximum atomic E-state index is 10.8. The van der Waals surface area contributed by atoms with E-state index < -0.39 is 5.97 Å². The second-order valence-electron chi connectivity index (χ2n) is 3.85. The molecular weight excluding hydrogens is 284 g/mol. The van der Waals surface area contributed by atoms with Gasteiger partial charge in [-0.2, -0.15) is 0 Å². The van der Waals surface area contributed by atoms with Gasteiger partial charge < -0.3 is 9.84 Å². The summed E-state index contributed by atoms with van der Waals surface area (Å²) in [5.41, 5.74) is 0.516. The first kappa shape index (κ1) is 12.4. The van der Waals surface area contributed by atoms with Gasteiger partial charge in [-0.1, -0.05) is 11.6 Å². The van der Waals surface area contributed by atoms with E-state index in [2.05, 4.69) is 15.2 Å². The van der Waals surface area contributed by atoms with Crippen LogP contribution in [-0.2, 0) is 0 Å². The molecule has 1 aromatic carbocycles. The Morgan fingerprint density at radius 2 is 2.25 bits per heavy atom.